The summed E-state index contributed by atoms with van der Waals surface area (Å²) in [6, 6.07) is 5.67. The quantitative estimate of drug-likeness (QED) is 0.426. The van der Waals surface area contributed by atoms with Gasteiger partial charge >= 0.3 is 0 Å². The van der Waals surface area contributed by atoms with Gasteiger partial charge in [0, 0.05) is 12.1 Å². The molecule has 0 unspecified atom stereocenters. The second kappa shape index (κ2) is 3.10. The van der Waals surface area contributed by atoms with Crippen molar-refractivity contribution >= 4 is 11.9 Å². The molecule has 44 valence electrons. The lowest BCUT2D eigenvalue weighted by molar-refractivity contribution is -0.492. The molecule has 3 heteroatoms. The predicted molar refractivity (Wildman–Crippen MR) is 35.2 cm³/mol. The van der Waals surface area contributed by atoms with Crippen molar-refractivity contribution in [2.45, 2.75) is 0 Å². The number of hydrogen-bond acceptors (Lipinski definition) is 2. The zero-order valence-corrected chi connectivity index (χ0v) is 5.51. The Morgan fingerprint density at radius 1 is 1.22 bits per heavy atom. The summed E-state index contributed by atoms with van der Waals surface area (Å²) in [4.78, 5) is 0. The first kappa shape index (κ1) is 6.12. The van der Waals surface area contributed by atoms with Gasteiger partial charge in [-0.05, 0) is 0 Å². The first-order chi connectivity index (χ1) is 4.43. The topological polar surface area (TPSA) is 27.7 Å². The van der Waals surface area contributed by atoms with E-state index in [1.54, 1.807) is 3.97 Å². The van der Waals surface area contributed by atoms with E-state index in [1.165, 1.54) is 0 Å². The van der Waals surface area contributed by atoms with Gasteiger partial charge in [0.25, 0.3) is 11.9 Å². The molecule has 0 aliphatic carbocycles. The molecule has 0 aliphatic rings. The lowest BCUT2D eigenvalue weighted by Gasteiger charge is -1.79. The minimum Gasteiger partial charge on any atom is -0.179 e. The Bertz CT molecular complexity index is 214. The van der Waals surface area contributed by atoms with Crippen LogP contribution in [0.5, 0.6) is 0 Å². The number of nitriles is 1. The van der Waals surface area contributed by atoms with Crippen molar-refractivity contribution < 1.29 is 3.97 Å². The molecule has 0 aromatic carbocycles. The third kappa shape index (κ3) is 1.74. The minimum absolute atomic E-state index is 1.10. The molecule has 0 N–H and O–H groups in total. The summed E-state index contributed by atoms with van der Waals surface area (Å²) in [7, 11) is 0. The molecule has 0 radical (unpaired) electrons. The van der Waals surface area contributed by atoms with E-state index < -0.39 is 0 Å². The van der Waals surface area contributed by atoms with Gasteiger partial charge in [-0.25, -0.2) is 0 Å². The van der Waals surface area contributed by atoms with Crippen molar-refractivity contribution in [3.63, 3.8) is 0 Å². The molecule has 0 saturated heterocycles. The molecule has 1 aromatic rings. The molecular formula is C6H5N2S+. The summed E-state index contributed by atoms with van der Waals surface area (Å²) in [5.41, 5.74) is 0. The van der Waals surface area contributed by atoms with Gasteiger partial charge in [0.1, 0.15) is 0 Å². The number of aromatic nitrogens is 1. The summed E-state index contributed by atoms with van der Waals surface area (Å²) in [5, 5.41) is 10.2. The Hall–Kier alpha value is -1.01. The molecule has 0 spiro atoms. The molecule has 1 rings (SSSR count). The zero-order valence-electron chi connectivity index (χ0n) is 4.69. The van der Waals surface area contributed by atoms with Crippen LogP contribution in [-0.2, 0) is 0 Å². The fourth-order valence-corrected chi connectivity index (χ4v) is 0.847. The van der Waals surface area contributed by atoms with Crippen LogP contribution in [-0.4, -0.2) is 0 Å². The maximum absolute atomic E-state index is 8.21. The van der Waals surface area contributed by atoms with Crippen molar-refractivity contribution in [2.75, 3.05) is 0 Å². The molecule has 0 aliphatic heterocycles. The highest BCUT2D eigenvalue weighted by Crippen LogP contribution is 1.87. The Labute approximate surface area is 57.9 Å². The summed E-state index contributed by atoms with van der Waals surface area (Å²) in [6.45, 7) is 0. The van der Waals surface area contributed by atoms with Gasteiger partial charge in [-0.2, -0.15) is 5.26 Å². The van der Waals surface area contributed by atoms with E-state index in [0.717, 1.165) is 11.9 Å². The van der Waals surface area contributed by atoms with E-state index in [4.69, 9.17) is 5.26 Å². The third-order valence-electron chi connectivity index (χ3n) is 0.834. The van der Waals surface area contributed by atoms with Crippen LogP contribution in [0.1, 0.15) is 0 Å². The van der Waals surface area contributed by atoms with Crippen molar-refractivity contribution in [3.05, 3.63) is 30.6 Å². The standard InChI is InChI=1S/C6H5N2S/c7-6-9-8-4-2-1-3-5-8/h1-5H/q+1. The normalized spacial score (nSPS) is 8.33. The van der Waals surface area contributed by atoms with Crippen LogP contribution in [0.4, 0.5) is 0 Å². The average Bonchev–Trinajstić information content (AvgIpc) is 1.91. The second-order valence-corrected chi connectivity index (χ2v) is 2.20. The summed E-state index contributed by atoms with van der Waals surface area (Å²) >= 11 is 1.10. The van der Waals surface area contributed by atoms with Crippen LogP contribution in [0.2, 0.25) is 0 Å². The maximum atomic E-state index is 8.21. The van der Waals surface area contributed by atoms with E-state index in [2.05, 4.69) is 0 Å². The molecular weight excluding hydrogens is 132 g/mol. The highest BCUT2D eigenvalue weighted by atomic mass is 32.2. The Morgan fingerprint density at radius 3 is 2.44 bits per heavy atom. The van der Waals surface area contributed by atoms with Gasteiger partial charge in [-0.15, -0.1) is 3.97 Å². The van der Waals surface area contributed by atoms with E-state index >= 15 is 0 Å². The van der Waals surface area contributed by atoms with Gasteiger partial charge < -0.3 is 0 Å². The largest absolute Gasteiger partial charge is 0.286 e. The fourth-order valence-electron chi connectivity index (χ4n) is 0.491. The van der Waals surface area contributed by atoms with Gasteiger partial charge in [0.15, 0.2) is 12.4 Å². The third-order valence-corrected chi connectivity index (χ3v) is 1.37. The molecule has 9 heavy (non-hydrogen) atoms. The predicted octanol–water partition coefficient (Wildman–Crippen LogP) is 0.951. The van der Waals surface area contributed by atoms with Crippen LogP contribution in [0.3, 0.4) is 0 Å². The Kier molecular flexibility index (Phi) is 2.11. The first-order valence-electron chi connectivity index (χ1n) is 2.46. The molecule has 0 fully saturated rings. The fraction of sp³-hybridized carbons (Fsp3) is 0. The van der Waals surface area contributed by atoms with Crippen LogP contribution < -0.4 is 3.97 Å². The van der Waals surface area contributed by atoms with Gasteiger partial charge in [-0.3, -0.25) is 0 Å². The highest BCUT2D eigenvalue weighted by molar-refractivity contribution is 7.97. The average molecular weight is 137 g/mol. The molecule has 0 amide bonds. The number of hydrogen-bond donors (Lipinski definition) is 0. The smallest absolute Gasteiger partial charge is 0.179 e. The van der Waals surface area contributed by atoms with Crippen LogP contribution in [0.15, 0.2) is 30.6 Å². The van der Waals surface area contributed by atoms with Crippen molar-refractivity contribution in [1.29, 1.82) is 5.26 Å². The lowest BCUT2D eigenvalue weighted by Crippen LogP contribution is -2.21. The monoisotopic (exact) mass is 137 g/mol. The second-order valence-electron chi connectivity index (χ2n) is 1.42. The Balaban J connectivity index is 2.76. The van der Waals surface area contributed by atoms with E-state index in [9.17, 15) is 0 Å². The first-order valence-corrected chi connectivity index (χ1v) is 3.23. The van der Waals surface area contributed by atoms with Crippen LogP contribution in [0.25, 0.3) is 0 Å². The molecule has 0 bridgehead atoms. The summed E-state index contributed by atoms with van der Waals surface area (Å²) in [6.07, 6.45) is 3.65. The number of thiocyanates is 1. The van der Waals surface area contributed by atoms with Crippen molar-refractivity contribution in [1.82, 2.24) is 0 Å². The van der Waals surface area contributed by atoms with Gasteiger partial charge in [-0.1, -0.05) is 6.07 Å². The number of nitrogens with zero attached hydrogens (tertiary/aromatic N) is 2. The van der Waals surface area contributed by atoms with Gasteiger partial charge in [0.2, 0.25) is 5.40 Å². The summed E-state index contributed by atoms with van der Waals surface area (Å²) in [5.74, 6) is 0. The van der Waals surface area contributed by atoms with Gasteiger partial charge in [0.05, 0.1) is 0 Å². The maximum Gasteiger partial charge on any atom is 0.286 e. The summed E-state index contributed by atoms with van der Waals surface area (Å²) < 4.78 is 1.74. The van der Waals surface area contributed by atoms with Crippen molar-refractivity contribution in [3.8, 4) is 5.40 Å². The van der Waals surface area contributed by atoms with Crippen LogP contribution >= 0.6 is 11.9 Å². The van der Waals surface area contributed by atoms with E-state index in [-0.39, 0.29) is 0 Å². The molecule has 2 nitrogen and oxygen atoms in total. The minimum atomic E-state index is 1.10. The number of rotatable bonds is 1. The molecule has 1 heterocycles. The lowest BCUT2D eigenvalue weighted by atomic mass is 10.5. The zero-order chi connectivity index (χ0) is 6.53. The molecule has 0 atom stereocenters. The molecule has 0 saturated carbocycles. The molecule has 1 aromatic heterocycles. The van der Waals surface area contributed by atoms with Crippen molar-refractivity contribution in [2.24, 2.45) is 0 Å². The van der Waals surface area contributed by atoms with Crippen LogP contribution in [0, 0.1) is 10.7 Å². The van der Waals surface area contributed by atoms with E-state index in [0.29, 0.717) is 0 Å². The Morgan fingerprint density at radius 2 is 1.89 bits per heavy atom. The highest BCUT2D eigenvalue weighted by Gasteiger charge is 1.95. The van der Waals surface area contributed by atoms with E-state index in [1.807, 2.05) is 36.0 Å². The SMILES string of the molecule is N#CS[n+]1ccccc1. The number of pyridine rings is 1.